The third-order valence-electron chi connectivity index (χ3n) is 4.38. The van der Waals surface area contributed by atoms with Crippen molar-refractivity contribution in [3.8, 4) is 0 Å². The summed E-state index contributed by atoms with van der Waals surface area (Å²) >= 11 is 3.47. The van der Waals surface area contributed by atoms with Crippen LogP contribution in [0.2, 0.25) is 0 Å². The van der Waals surface area contributed by atoms with Crippen LogP contribution in [0.4, 0.5) is 0 Å². The number of carbonyl (C=O) groups excluding carboxylic acids is 1. The zero-order chi connectivity index (χ0) is 18.8. The van der Waals surface area contributed by atoms with E-state index in [0.29, 0.717) is 18.7 Å². The zero-order valence-electron chi connectivity index (χ0n) is 15.4. The third-order valence-corrected chi connectivity index (χ3v) is 5.04. The van der Waals surface area contributed by atoms with Gasteiger partial charge in [-0.25, -0.2) is 0 Å². The Kier molecular flexibility index (Phi) is 5.27. The second kappa shape index (κ2) is 7.45. The van der Waals surface area contributed by atoms with Crippen molar-refractivity contribution in [3.05, 3.63) is 69.2 Å². The molecular weight excluding hydrogens is 394 g/mol. The summed E-state index contributed by atoms with van der Waals surface area (Å²) < 4.78 is 4.64. The maximum absolute atomic E-state index is 12.7. The van der Waals surface area contributed by atoms with Crippen LogP contribution in [0.25, 0.3) is 0 Å². The van der Waals surface area contributed by atoms with Gasteiger partial charge in [-0.2, -0.15) is 10.2 Å². The van der Waals surface area contributed by atoms with E-state index in [1.54, 1.807) is 22.8 Å². The van der Waals surface area contributed by atoms with Gasteiger partial charge in [-0.3, -0.25) is 14.2 Å². The van der Waals surface area contributed by atoms with Crippen LogP contribution >= 0.6 is 15.9 Å². The van der Waals surface area contributed by atoms with Gasteiger partial charge in [0.15, 0.2) is 0 Å². The van der Waals surface area contributed by atoms with E-state index in [-0.39, 0.29) is 5.91 Å². The molecule has 1 amide bonds. The lowest BCUT2D eigenvalue weighted by atomic mass is 10.1. The average molecular weight is 416 g/mol. The quantitative estimate of drug-likeness (QED) is 0.641. The monoisotopic (exact) mass is 415 g/mol. The average Bonchev–Trinajstić information content (AvgIpc) is 3.10. The summed E-state index contributed by atoms with van der Waals surface area (Å²) in [5.41, 5.74) is 4.89. The molecule has 0 saturated heterocycles. The molecule has 136 valence electrons. The number of hydrogen-bond donors (Lipinski definition) is 0. The first-order chi connectivity index (χ1) is 12.3. The molecule has 0 saturated carbocycles. The molecule has 1 aromatic carbocycles. The molecule has 0 aliphatic heterocycles. The van der Waals surface area contributed by atoms with Crippen LogP contribution < -0.4 is 0 Å². The molecule has 0 atom stereocenters. The fourth-order valence-corrected chi connectivity index (χ4v) is 3.37. The summed E-state index contributed by atoms with van der Waals surface area (Å²) in [7, 11) is 3.66. The topological polar surface area (TPSA) is 56.0 Å². The number of halogens is 1. The Labute approximate surface area is 161 Å². The first kappa shape index (κ1) is 18.4. The van der Waals surface area contributed by atoms with Crippen molar-refractivity contribution >= 4 is 21.8 Å². The number of benzene rings is 1. The smallest absolute Gasteiger partial charge is 0.253 e. The number of aromatic nitrogens is 4. The number of amides is 1. The summed E-state index contributed by atoms with van der Waals surface area (Å²) in [4.78, 5) is 14.4. The molecule has 7 heteroatoms. The van der Waals surface area contributed by atoms with Crippen molar-refractivity contribution < 1.29 is 4.79 Å². The molecule has 0 bridgehead atoms. The summed E-state index contributed by atoms with van der Waals surface area (Å²) in [6, 6.07) is 9.77. The van der Waals surface area contributed by atoms with Crippen molar-refractivity contribution in [1.82, 2.24) is 24.5 Å². The van der Waals surface area contributed by atoms with E-state index in [1.165, 1.54) is 0 Å². The van der Waals surface area contributed by atoms with E-state index in [9.17, 15) is 4.79 Å². The Morgan fingerprint density at radius 2 is 1.92 bits per heavy atom. The van der Waals surface area contributed by atoms with E-state index in [4.69, 9.17) is 0 Å². The number of carbonyl (C=O) groups is 1. The Morgan fingerprint density at radius 3 is 2.46 bits per heavy atom. The third kappa shape index (κ3) is 3.88. The van der Waals surface area contributed by atoms with Gasteiger partial charge in [-0.15, -0.1) is 0 Å². The zero-order valence-corrected chi connectivity index (χ0v) is 17.0. The van der Waals surface area contributed by atoms with Crippen LogP contribution in [0, 0.1) is 13.8 Å². The molecule has 0 spiro atoms. The molecule has 0 aliphatic carbocycles. The second-order valence-corrected chi connectivity index (χ2v) is 7.36. The number of rotatable bonds is 5. The van der Waals surface area contributed by atoms with Gasteiger partial charge in [0.2, 0.25) is 0 Å². The second-order valence-electron chi connectivity index (χ2n) is 6.51. The number of aryl methyl sites for hydroxylation is 3. The van der Waals surface area contributed by atoms with Gasteiger partial charge in [0.05, 0.1) is 35.1 Å². The summed E-state index contributed by atoms with van der Waals surface area (Å²) in [5.74, 6) is -0.0178. The van der Waals surface area contributed by atoms with Crippen LogP contribution in [0.5, 0.6) is 0 Å². The van der Waals surface area contributed by atoms with E-state index in [2.05, 4.69) is 32.2 Å². The molecule has 0 radical (unpaired) electrons. The normalized spacial score (nSPS) is 11.0. The molecule has 2 aromatic heterocycles. The van der Waals surface area contributed by atoms with Crippen molar-refractivity contribution in [1.29, 1.82) is 0 Å². The highest BCUT2D eigenvalue weighted by Gasteiger charge is 2.15. The molecule has 6 nitrogen and oxygen atoms in total. The summed E-state index contributed by atoms with van der Waals surface area (Å²) in [5, 5.41) is 8.66. The van der Waals surface area contributed by atoms with Gasteiger partial charge in [-0.1, -0.05) is 12.1 Å². The van der Waals surface area contributed by atoms with Gasteiger partial charge in [0.1, 0.15) is 0 Å². The largest absolute Gasteiger partial charge is 0.336 e. The highest BCUT2D eigenvalue weighted by molar-refractivity contribution is 9.10. The van der Waals surface area contributed by atoms with Crippen molar-refractivity contribution in [3.63, 3.8) is 0 Å². The minimum Gasteiger partial charge on any atom is -0.336 e. The maximum atomic E-state index is 12.7. The van der Waals surface area contributed by atoms with Crippen LogP contribution in [0.3, 0.4) is 0 Å². The molecule has 0 unspecified atom stereocenters. The number of hydrogen-bond acceptors (Lipinski definition) is 3. The van der Waals surface area contributed by atoms with Gasteiger partial charge in [0, 0.05) is 25.4 Å². The lowest BCUT2D eigenvalue weighted by Crippen LogP contribution is -2.27. The Balaban J connectivity index is 1.69. The molecule has 3 rings (SSSR count). The van der Waals surface area contributed by atoms with Crippen LogP contribution in [0.15, 0.2) is 41.0 Å². The summed E-state index contributed by atoms with van der Waals surface area (Å²) in [6.07, 6.45) is 1.74. The Hall–Kier alpha value is -2.41. The van der Waals surface area contributed by atoms with Crippen LogP contribution in [0.1, 0.15) is 33.0 Å². The van der Waals surface area contributed by atoms with Gasteiger partial charge >= 0.3 is 0 Å². The van der Waals surface area contributed by atoms with E-state index in [1.807, 2.05) is 49.8 Å². The highest BCUT2D eigenvalue weighted by Crippen LogP contribution is 2.18. The predicted octanol–water partition coefficient (Wildman–Crippen LogP) is 3.32. The van der Waals surface area contributed by atoms with Crippen LogP contribution in [-0.4, -0.2) is 37.4 Å². The standard InChI is InChI=1S/C19H22BrN5O/c1-13-9-14(2)25(22-13)11-15-5-7-16(8-6-15)19(26)23(3)12-18-17(20)10-21-24(18)4/h5-10H,11-12H2,1-4H3. The fourth-order valence-electron chi connectivity index (χ4n) is 2.89. The van der Waals surface area contributed by atoms with E-state index < -0.39 is 0 Å². The highest BCUT2D eigenvalue weighted by atomic mass is 79.9. The van der Waals surface area contributed by atoms with Gasteiger partial charge in [-0.05, 0) is 53.5 Å². The molecule has 0 fully saturated rings. The molecule has 26 heavy (non-hydrogen) atoms. The van der Waals surface area contributed by atoms with Gasteiger partial charge in [0.25, 0.3) is 5.91 Å². The molecule has 0 aliphatic rings. The first-order valence-electron chi connectivity index (χ1n) is 8.37. The van der Waals surface area contributed by atoms with Gasteiger partial charge < -0.3 is 4.90 Å². The molecule has 2 heterocycles. The van der Waals surface area contributed by atoms with Crippen molar-refractivity contribution in [2.24, 2.45) is 7.05 Å². The fraction of sp³-hybridized carbons (Fsp3) is 0.316. The van der Waals surface area contributed by atoms with Crippen LogP contribution in [-0.2, 0) is 20.1 Å². The van der Waals surface area contributed by atoms with Crippen molar-refractivity contribution in [2.75, 3.05) is 7.05 Å². The lowest BCUT2D eigenvalue weighted by Gasteiger charge is -2.18. The van der Waals surface area contributed by atoms with E-state index >= 15 is 0 Å². The minimum absolute atomic E-state index is 0.0178. The lowest BCUT2D eigenvalue weighted by molar-refractivity contribution is 0.0781. The SMILES string of the molecule is Cc1cc(C)n(Cc2ccc(C(=O)N(C)Cc3c(Br)cnn3C)cc2)n1. The van der Waals surface area contributed by atoms with Crippen molar-refractivity contribution in [2.45, 2.75) is 26.9 Å². The summed E-state index contributed by atoms with van der Waals surface area (Å²) in [6.45, 7) is 5.22. The molecule has 0 N–H and O–H groups in total. The maximum Gasteiger partial charge on any atom is 0.253 e. The Bertz CT molecular complexity index is 907. The van der Waals surface area contributed by atoms with E-state index in [0.717, 1.165) is 27.1 Å². The first-order valence-corrected chi connectivity index (χ1v) is 9.16. The predicted molar refractivity (Wildman–Crippen MR) is 104 cm³/mol. The Morgan fingerprint density at radius 1 is 1.23 bits per heavy atom. The minimum atomic E-state index is -0.0178. The number of nitrogens with zero attached hydrogens (tertiary/aromatic N) is 5. The molecular formula is C19H22BrN5O. The molecule has 3 aromatic rings.